The van der Waals surface area contributed by atoms with Crippen molar-refractivity contribution in [3.63, 3.8) is 0 Å². The van der Waals surface area contributed by atoms with Crippen LogP contribution in [0.2, 0.25) is 0 Å². The average molecular weight is 375 g/mol. The van der Waals surface area contributed by atoms with Gasteiger partial charge in [-0.25, -0.2) is 0 Å². The summed E-state index contributed by atoms with van der Waals surface area (Å²) in [5.74, 6) is 0.215. The number of furan rings is 1. The van der Waals surface area contributed by atoms with E-state index in [-0.39, 0.29) is 36.1 Å². The van der Waals surface area contributed by atoms with Crippen LogP contribution in [0.4, 0.5) is 0 Å². The first-order valence-corrected chi connectivity index (χ1v) is 9.91. The van der Waals surface area contributed by atoms with Crippen molar-refractivity contribution in [1.29, 1.82) is 0 Å². The van der Waals surface area contributed by atoms with Crippen LogP contribution >= 0.6 is 0 Å². The number of carbonyl (C=O) groups excluding carboxylic acids is 3. The molecule has 27 heavy (non-hydrogen) atoms. The molecular formula is C20H29N3O4. The third-order valence-corrected chi connectivity index (χ3v) is 5.59. The van der Waals surface area contributed by atoms with Gasteiger partial charge in [-0.15, -0.1) is 0 Å². The molecule has 1 saturated heterocycles. The number of hydrogen-bond acceptors (Lipinski definition) is 4. The Labute approximate surface area is 160 Å². The van der Waals surface area contributed by atoms with Crippen LogP contribution in [0.5, 0.6) is 0 Å². The van der Waals surface area contributed by atoms with Crippen molar-refractivity contribution in [3.8, 4) is 0 Å². The molecule has 1 aliphatic heterocycles. The van der Waals surface area contributed by atoms with Gasteiger partial charge in [0.15, 0.2) is 5.76 Å². The fraction of sp³-hybridized carbons (Fsp3) is 0.650. The van der Waals surface area contributed by atoms with Crippen molar-refractivity contribution in [2.75, 3.05) is 26.7 Å². The minimum absolute atomic E-state index is 0.0131. The summed E-state index contributed by atoms with van der Waals surface area (Å²) in [6.45, 7) is 1.38. The lowest BCUT2D eigenvalue weighted by molar-refractivity contribution is -0.137. The Kier molecular flexibility index (Phi) is 6.53. The first-order valence-electron chi connectivity index (χ1n) is 9.91. The van der Waals surface area contributed by atoms with Crippen molar-refractivity contribution >= 4 is 17.7 Å². The predicted molar refractivity (Wildman–Crippen MR) is 100.0 cm³/mol. The number of hydrogen-bond donors (Lipinski definition) is 1. The summed E-state index contributed by atoms with van der Waals surface area (Å²) in [7, 11) is 1.58. The van der Waals surface area contributed by atoms with Gasteiger partial charge in [-0.3, -0.25) is 14.4 Å². The summed E-state index contributed by atoms with van der Waals surface area (Å²) >= 11 is 0. The molecule has 0 spiro atoms. The van der Waals surface area contributed by atoms with Gasteiger partial charge in [0.1, 0.15) is 0 Å². The second-order valence-corrected chi connectivity index (χ2v) is 7.64. The fourth-order valence-corrected chi connectivity index (χ4v) is 4.00. The molecule has 0 bridgehead atoms. The SMILES string of the molecule is CN(CC(=O)NC1CCN(C(=O)C2CCCCC2)CC1)C(=O)c1ccco1. The van der Waals surface area contributed by atoms with E-state index in [1.54, 1.807) is 19.2 Å². The van der Waals surface area contributed by atoms with Gasteiger partial charge in [-0.2, -0.15) is 0 Å². The van der Waals surface area contributed by atoms with Crippen LogP contribution in [-0.4, -0.2) is 60.2 Å². The summed E-state index contributed by atoms with van der Waals surface area (Å²) in [4.78, 5) is 40.3. The standard InChI is InChI=1S/C20H29N3O4/c1-22(20(26)17-8-5-13-27-17)14-18(24)21-16-9-11-23(12-10-16)19(25)15-6-3-2-4-7-15/h5,8,13,15-16H,2-4,6-7,9-12,14H2,1H3,(H,21,24). The minimum atomic E-state index is -0.317. The van der Waals surface area contributed by atoms with Crippen molar-refractivity contribution < 1.29 is 18.8 Å². The molecule has 1 N–H and O–H groups in total. The average Bonchev–Trinajstić information content (AvgIpc) is 3.22. The fourth-order valence-electron chi connectivity index (χ4n) is 4.00. The third-order valence-electron chi connectivity index (χ3n) is 5.59. The molecule has 2 fully saturated rings. The molecule has 7 nitrogen and oxygen atoms in total. The maximum Gasteiger partial charge on any atom is 0.289 e. The zero-order valence-corrected chi connectivity index (χ0v) is 16.0. The lowest BCUT2D eigenvalue weighted by Crippen LogP contribution is -2.50. The summed E-state index contributed by atoms with van der Waals surface area (Å²) in [5, 5.41) is 2.99. The molecule has 7 heteroatoms. The van der Waals surface area contributed by atoms with Crippen LogP contribution in [0.1, 0.15) is 55.5 Å². The Morgan fingerprint density at radius 3 is 2.48 bits per heavy atom. The maximum absolute atomic E-state index is 12.6. The Bertz CT molecular complexity index is 644. The number of amides is 3. The van der Waals surface area contributed by atoms with E-state index in [9.17, 15) is 14.4 Å². The topological polar surface area (TPSA) is 82.9 Å². The summed E-state index contributed by atoms with van der Waals surface area (Å²) in [6, 6.07) is 3.28. The van der Waals surface area contributed by atoms with Crippen molar-refractivity contribution in [2.24, 2.45) is 5.92 Å². The Morgan fingerprint density at radius 1 is 1.15 bits per heavy atom. The molecule has 0 atom stereocenters. The molecule has 148 valence electrons. The second-order valence-electron chi connectivity index (χ2n) is 7.64. The molecule has 0 unspecified atom stereocenters. The Morgan fingerprint density at radius 2 is 1.85 bits per heavy atom. The monoisotopic (exact) mass is 375 g/mol. The summed E-state index contributed by atoms with van der Waals surface area (Å²) in [6.07, 6.45) is 8.57. The van der Waals surface area contributed by atoms with Gasteiger partial charge in [0.2, 0.25) is 11.8 Å². The highest BCUT2D eigenvalue weighted by atomic mass is 16.3. The van der Waals surface area contributed by atoms with Crippen LogP contribution < -0.4 is 5.32 Å². The zero-order valence-electron chi connectivity index (χ0n) is 16.0. The summed E-state index contributed by atoms with van der Waals surface area (Å²) < 4.78 is 5.07. The molecule has 2 heterocycles. The van der Waals surface area contributed by atoms with Crippen molar-refractivity contribution in [3.05, 3.63) is 24.2 Å². The van der Waals surface area contributed by atoms with Gasteiger partial charge in [-0.05, 0) is 37.8 Å². The largest absolute Gasteiger partial charge is 0.459 e. The van der Waals surface area contributed by atoms with Gasteiger partial charge in [-0.1, -0.05) is 19.3 Å². The van der Waals surface area contributed by atoms with E-state index < -0.39 is 0 Å². The number of nitrogens with zero attached hydrogens (tertiary/aromatic N) is 2. The highest BCUT2D eigenvalue weighted by Gasteiger charge is 2.29. The lowest BCUT2D eigenvalue weighted by atomic mass is 9.87. The van der Waals surface area contributed by atoms with E-state index in [0.29, 0.717) is 19.0 Å². The first-order chi connectivity index (χ1) is 13.0. The zero-order chi connectivity index (χ0) is 19.2. The number of carbonyl (C=O) groups is 3. The van der Waals surface area contributed by atoms with Crippen LogP contribution in [0, 0.1) is 5.92 Å². The van der Waals surface area contributed by atoms with Crippen LogP contribution in [0.3, 0.4) is 0 Å². The van der Waals surface area contributed by atoms with Crippen molar-refractivity contribution in [1.82, 2.24) is 15.1 Å². The van der Waals surface area contributed by atoms with Crippen LogP contribution in [0.25, 0.3) is 0 Å². The van der Waals surface area contributed by atoms with E-state index in [4.69, 9.17) is 4.42 Å². The molecule has 0 aromatic carbocycles. The smallest absolute Gasteiger partial charge is 0.289 e. The highest BCUT2D eigenvalue weighted by Crippen LogP contribution is 2.26. The molecule has 1 saturated carbocycles. The van der Waals surface area contributed by atoms with E-state index >= 15 is 0 Å². The van der Waals surface area contributed by atoms with Gasteiger partial charge < -0.3 is 19.5 Å². The first kappa shape index (κ1) is 19.5. The molecule has 0 radical (unpaired) electrons. The Hall–Kier alpha value is -2.31. The van der Waals surface area contributed by atoms with Crippen molar-refractivity contribution in [2.45, 2.75) is 51.0 Å². The van der Waals surface area contributed by atoms with Crippen LogP contribution in [-0.2, 0) is 9.59 Å². The van der Waals surface area contributed by atoms with E-state index in [1.807, 2.05) is 4.90 Å². The normalized spacial score (nSPS) is 18.9. The minimum Gasteiger partial charge on any atom is -0.459 e. The number of likely N-dealkylation sites (N-methyl/N-ethyl adjacent to an activating group) is 1. The molecule has 1 aliphatic carbocycles. The number of likely N-dealkylation sites (tertiary alicyclic amines) is 1. The molecule has 3 rings (SSSR count). The quantitative estimate of drug-likeness (QED) is 0.854. The summed E-state index contributed by atoms with van der Waals surface area (Å²) in [5.41, 5.74) is 0. The van der Waals surface area contributed by atoms with Gasteiger partial charge in [0.25, 0.3) is 5.91 Å². The van der Waals surface area contributed by atoms with Gasteiger partial charge >= 0.3 is 0 Å². The maximum atomic E-state index is 12.6. The second kappa shape index (κ2) is 9.06. The number of piperidine rings is 1. The molecular weight excluding hydrogens is 346 g/mol. The predicted octanol–water partition coefficient (Wildman–Crippen LogP) is 2.04. The molecule has 2 aliphatic rings. The third kappa shape index (κ3) is 5.11. The molecule has 3 amide bonds. The molecule has 1 aromatic heterocycles. The number of nitrogens with one attached hydrogen (secondary N) is 1. The highest BCUT2D eigenvalue weighted by molar-refractivity contribution is 5.94. The Balaban J connectivity index is 1.40. The van der Waals surface area contributed by atoms with Gasteiger partial charge in [0.05, 0.1) is 12.8 Å². The van der Waals surface area contributed by atoms with E-state index in [0.717, 1.165) is 38.5 Å². The molecule has 1 aromatic rings. The van der Waals surface area contributed by atoms with E-state index in [1.165, 1.54) is 17.6 Å². The lowest BCUT2D eigenvalue weighted by Gasteiger charge is -2.35. The van der Waals surface area contributed by atoms with Gasteiger partial charge in [0, 0.05) is 32.1 Å². The van der Waals surface area contributed by atoms with Crippen LogP contribution in [0.15, 0.2) is 22.8 Å². The van der Waals surface area contributed by atoms with E-state index in [2.05, 4.69) is 5.32 Å². The number of rotatable bonds is 5.